The van der Waals surface area contributed by atoms with Crippen LogP contribution in [0.2, 0.25) is 0 Å². The Labute approximate surface area is 102 Å². The average molecular weight is 242 g/mol. The Morgan fingerprint density at radius 3 is 2.53 bits per heavy atom. The fraction of sp³-hybridized carbons (Fsp3) is 0.833. The zero-order valence-electron chi connectivity index (χ0n) is 10.6. The van der Waals surface area contributed by atoms with Gasteiger partial charge in [0.15, 0.2) is 0 Å². The second-order valence-electron chi connectivity index (χ2n) is 4.73. The number of hydrogen-bond donors (Lipinski definition) is 2. The van der Waals surface area contributed by atoms with Gasteiger partial charge in [-0.2, -0.15) is 0 Å². The Hall–Kier alpha value is -1.26. The van der Waals surface area contributed by atoms with Crippen molar-refractivity contribution in [1.82, 2.24) is 10.2 Å². The van der Waals surface area contributed by atoms with Crippen LogP contribution < -0.4 is 5.32 Å². The molecule has 0 aromatic rings. The molecule has 0 bridgehead atoms. The van der Waals surface area contributed by atoms with Crippen LogP contribution in [0.1, 0.15) is 45.4 Å². The highest BCUT2D eigenvalue weighted by Gasteiger charge is 2.27. The topological polar surface area (TPSA) is 69.6 Å². The standard InChI is InChI=1S/C12H22N2O3/c1-3-5-9(8-11(15)16)13-12(17)14(2)10-6-4-7-10/h9-10H,3-8H2,1-2H3,(H,13,17)(H,15,16). The number of carboxylic acid groups (broad SMARTS) is 1. The molecule has 5 heteroatoms. The van der Waals surface area contributed by atoms with Gasteiger partial charge in [-0.1, -0.05) is 13.3 Å². The largest absolute Gasteiger partial charge is 0.481 e. The van der Waals surface area contributed by atoms with Crippen LogP contribution in [0.4, 0.5) is 4.79 Å². The maximum absolute atomic E-state index is 11.9. The fourth-order valence-electron chi connectivity index (χ4n) is 2.00. The number of carboxylic acids is 1. The van der Waals surface area contributed by atoms with Crippen molar-refractivity contribution in [3.63, 3.8) is 0 Å². The SMILES string of the molecule is CCCC(CC(=O)O)NC(=O)N(C)C1CCC1. The van der Waals surface area contributed by atoms with E-state index in [0.717, 1.165) is 19.3 Å². The molecule has 0 aromatic heterocycles. The lowest BCUT2D eigenvalue weighted by Crippen LogP contribution is -2.49. The van der Waals surface area contributed by atoms with Gasteiger partial charge >= 0.3 is 12.0 Å². The average Bonchev–Trinajstić information content (AvgIpc) is 2.13. The molecule has 1 aliphatic rings. The number of amides is 2. The lowest BCUT2D eigenvalue weighted by Gasteiger charge is -2.35. The van der Waals surface area contributed by atoms with E-state index in [1.54, 1.807) is 11.9 Å². The molecule has 2 N–H and O–H groups in total. The van der Waals surface area contributed by atoms with Crippen LogP contribution in [-0.2, 0) is 4.79 Å². The number of hydrogen-bond acceptors (Lipinski definition) is 2. The fourth-order valence-corrected chi connectivity index (χ4v) is 2.00. The van der Waals surface area contributed by atoms with Gasteiger partial charge in [-0.25, -0.2) is 4.79 Å². The predicted octanol–water partition coefficient (Wildman–Crippen LogP) is 1.82. The zero-order valence-corrected chi connectivity index (χ0v) is 10.6. The summed E-state index contributed by atoms with van der Waals surface area (Å²) in [6.45, 7) is 1.98. The Bertz CT molecular complexity index is 277. The number of aliphatic carboxylic acids is 1. The molecule has 1 atom stereocenters. The van der Waals surface area contributed by atoms with Crippen LogP contribution >= 0.6 is 0 Å². The smallest absolute Gasteiger partial charge is 0.317 e. The van der Waals surface area contributed by atoms with Crippen LogP contribution in [0.15, 0.2) is 0 Å². The highest BCUT2D eigenvalue weighted by atomic mass is 16.4. The summed E-state index contributed by atoms with van der Waals surface area (Å²) in [5.41, 5.74) is 0. The molecule has 17 heavy (non-hydrogen) atoms. The number of rotatable bonds is 6. The highest BCUT2D eigenvalue weighted by molar-refractivity contribution is 5.76. The van der Waals surface area contributed by atoms with Crippen LogP contribution in [0.3, 0.4) is 0 Å². The van der Waals surface area contributed by atoms with Gasteiger partial charge in [-0.05, 0) is 25.7 Å². The van der Waals surface area contributed by atoms with Crippen molar-refractivity contribution in [3.8, 4) is 0 Å². The van der Waals surface area contributed by atoms with Crippen molar-refractivity contribution < 1.29 is 14.7 Å². The van der Waals surface area contributed by atoms with Gasteiger partial charge in [0.25, 0.3) is 0 Å². The van der Waals surface area contributed by atoms with E-state index in [9.17, 15) is 9.59 Å². The summed E-state index contributed by atoms with van der Waals surface area (Å²) in [7, 11) is 1.78. The minimum absolute atomic E-state index is 0.00190. The molecule has 1 unspecified atom stereocenters. The third-order valence-corrected chi connectivity index (χ3v) is 3.33. The van der Waals surface area contributed by atoms with Gasteiger partial charge in [-0.3, -0.25) is 4.79 Å². The number of carbonyl (C=O) groups is 2. The molecule has 0 aliphatic heterocycles. The summed E-state index contributed by atoms with van der Waals surface area (Å²) in [6, 6.07) is -0.0657. The molecule has 2 amide bonds. The summed E-state index contributed by atoms with van der Waals surface area (Å²) in [5.74, 6) is -0.866. The molecule has 1 rings (SSSR count). The van der Waals surface area contributed by atoms with E-state index in [4.69, 9.17) is 5.11 Å². The first kappa shape index (κ1) is 13.8. The van der Waals surface area contributed by atoms with E-state index in [2.05, 4.69) is 5.32 Å². The van der Waals surface area contributed by atoms with Crippen molar-refractivity contribution in [2.75, 3.05) is 7.05 Å². The van der Waals surface area contributed by atoms with Crippen molar-refractivity contribution in [2.24, 2.45) is 0 Å². The van der Waals surface area contributed by atoms with Crippen LogP contribution in [0.5, 0.6) is 0 Å². The van der Waals surface area contributed by atoms with Crippen molar-refractivity contribution >= 4 is 12.0 Å². The molecule has 0 saturated heterocycles. The van der Waals surface area contributed by atoms with Gasteiger partial charge in [-0.15, -0.1) is 0 Å². The quantitative estimate of drug-likeness (QED) is 0.746. The minimum Gasteiger partial charge on any atom is -0.481 e. The molecule has 1 aliphatic carbocycles. The van der Waals surface area contributed by atoms with E-state index >= 15 is 0 Å². The molecular weight excluding hydrogens is 220 g/mol. The van der Waals surface area contributed by atoms with Gasteiger partial charge in [0, 0.05) is 19.1 Å². The van der Waals surface area contributed by atoms with Crippen molar-refractivity contribution in [2.45, 2.75) is 57.5 Å². The molecule has 0 spiro atoms. The zero-order chi connectivity index (χ0) is 12.8. The molecule has 5 nitrogen and oxygen atoms in total. The molecule has 1 saturated carbocycles. The van der Waals surface area contributed by atoms with Crippen molar-refractivity contribution in [1.29, 1.82) is 0 Å². The Morgan fingerprint density at radius 1 is 1.47 bits per heavy atom. The third-order valence-electron chi connectivity index (χ3n) is 3.33. The van der Waals surface area contributed by atoms with E-state index < -0.39 is 5.97 Å². The monoisotopic (exact) mass is 242 g/mol. The second-order valence-corrected chi connectivity index (χ2v) is 4.73. The second kappa shape index (κ2) is 6.47. The van der Waals surface area contributed by atoms with E-state index in [0.29, 0.717) is 12.5 Å². The lowest BCUT2D eigenvalue weighted by atomic mass is 9.92. The van der Waals surface area contributed by atoms with Gasteiger partial charge in [0.05, 0.1) is 6.42 Å². The van der Waals surface area contributed by atoms with Crippen molar-refractivity contribution in [3.05, 3.63) is 0 Å². The van der Waals surface area contributed by atoms with Crippen LogP contribution in [0.25, 0.3) is 0 Å². The van der Waals surface area contributed by atoms with Gasteiger partial charge < -0.3 is 15.3 Å². The van der Waals surface area contributed by atoms with Gasteiger partial charge in [0.1, 0.15) is 0 Å². The summed E-state index contributed by atoms with van der Waals surface area (Å²) in [5, 5.41) is 11.6. The maximum atomic E-state index is 11.9. The third kappa shape index (κ3) is 4.24. The molecular formula is C12H22N2O3. The summed E-state index contributed by atoms with van der Waals surface area (Å²) < 4.78 is 0. The maximum Gasteiger partial charge on any atom is 0.317 e. The number of nitrogens with zero attached hydrogens (tertiary/aromatic N) is 1. The molecule has 0 heterocycles. The first-order chi connectivity index (χ1) is 8.04. The number of nitrogens with one attached hydrogen (secondary N) is 1. The van der Waals surface area contributed by atoms with E-state index in [-0.39, 0.29) is 18.5 Å². The Morgan fingerprint density at radius 2 is 2.12 bits per heavy atom. The molecule has 1 fully saturated rings. The summed E-state index contributed by atoms with van der Waals surface area (Å²) >= 11 is 0. The number of urea groups is 1. The Kier molecular flexibility index (Phi) is 5.25. The molecule has 0 radical (unpaired) electrons. The number of carbonyl (C=O) groups excluding carboxylic acids is 1. The van der Waals surface area contributed by atoms with E-state index in [1.807, 2.05) is 6.92 Å². The van der Waals surface area contributed by atoms with Gasteiger partial charge in [0.2, 0.25) is 0 Å². The predicted molar refractivity (Wildman–Crippen MR) is 64.9 cm³/mol. The van der Waals surface area contributed by atoms with E-state index in [1.165, 1.54) is 6.42 Å². The first-order valence-electron chi connectivity index (χ1n) is 6.29. The Balaban J connectivity index is 2.41. The summed E-state index contributed by atoms with van der Waals surface area (Å²) in [4.78, 5) is 24.2. The van der Waals surface area contributed by atoms with Crippen LogP contribution in [0, 0.1) is 0 Å². The normalized spacial score (nSPS) is 17.1. The first-order valence-corrected chi connectivity index (χ1v) is 6.29. The van der Waals surface area contributed by atoms with Crippen LogP contribution in [-0.4, -0.2) is 41.1 Å². The lowest BCUT2D eigenvalue weighted by molar-refractivity contribution is -0.137. The summed E-state index contributed by atoms with van der Waals surface area (Å²) in [6.07, 6.45) is 4.86. The highest BCUT2D eigenvalue weighted by Crippen LogP contribution is 2.23. The minimum atomic E-state index is -0.866. The molecule has 98 valence electrons. The molecule has 0 aromatic carbocycles.